The lowest BCUT2D eigenvalue weighted by atomic mass is 9.84. The molecule has 0 unspecified atom stereocenters. The summed E-state index contributed by atoms with van der Waals surface area (Å²) in [7, 11) is 0. The molecule has 2 amide bonds. The van der Waals surface area contributed by atoms with Crippen LogP contribution >= 0.6 is 11.6 Å². The summed E-state index contributed by atoms with van der Waals surface area (Å²) in [5.41, 5.74) is 1.58. The average molecular weight is 454 g/mol. The Kier molecular flexibility index (Phi) is 7.05. The molecule has 2 heterocycles. The summed E-state index contributed by atoms with van der Waals surface area (Å²) in [6, 6.07) is 11.4. The lowest BCUT2D eigenvalue weighted by molar-refractivity contribution is -0.144. The van der Waals surface area contributed by atoms with E-state index in [9.17, 15) is 9.59 Å². The maximum absolute atomic E-state index is 12.8. The quantitative estimate of drug-likeness (QED) is 0.602. The zero-order chi connectivity index (χ0) is 22.5. The van der Waals surface area contributed by atoms with E-state index in [0.29, 0.717) is 37.7 Å². The van der Waals surface area contributed by atoms with Gasteiger partial charge in [-0.3, -0.25) is 9.59 Å². The van der Waals surface area contributed by atoms with Gasteiger partial charge in [-0.1, -0.05) is 42.3 Å². The molecule has 1 aliphatic heterocycles. The zero-order valence-electron chi connectivity index (χ0n) is 18.1. The van der Waals surface area contributed by atoms with E-state index in [1.165, 1.54) is 0 Å². The van der Waals surface area contributed by atoms with E-state index < -0.39 is 0 Å². The van der Waals surface area contributed by atoms with Crippen LogP contribution in [0.3, 0.4) is 0 Å². The number of hydrogen-bond donors (Lipinski definition) is 0. The van der Waals surface area contributed by atoms with Crippen LogP contribution in [0.25, 0.3) is 11.3 Å². The maximum Gasteiger partial charge on any atom is 0.242 e. The first-order valence-corrected chi connectivity index (χ1v) is 11.5. The molecular weight excluding hydrogens is 426 g/mol. The van der Waals surface area contributed by atoms with Crippen molar-refractivity contribution < 1.29 is 9.59 Å². The van der Waals surface area contributed by atoms with Crippen LogP contribution < -0.4 is 4.90 Å². The zero-order valence-corrected chi connectivity index (χ0v) is 18.9. The largest absolute Gasteiger partial charge is 0.352 e. The highest BCUT2D eigenvalue weighted by molar-refractivity contribution is 6.33. The summed E-state index contributed by atoms with van der Waals surface area (Å²) in [5.74, 6) is 0.921. The third kappa shape index (κ3) is 4.93. The van der Waals surface area contributed by atoms with E-state index in [4.69, 9.17) is 11.6 Å². The van der Waals surface area contributed by atoms with Gasteiger partial charge in [-0.15, -0.1) is 16.8 Å². The van der Waals surface area contributed by atoms with Crippen molar-refractivity contribution in [3.63, 3.8) is 0 Å². The Balaban J connectivity index is 1.32. The van der Waals surface area contributed by atoms with Crippen molar-refractivity contribution in [3.8, 4) is 11.3 Å². The Morgan fingerprint density at radius 3 is 2.44 bits per heavy atom. The predicted molar refractivity (Wildman–Crippen MR) is 125 cm³/mol. The standard InChI is InChI=1S/C24H28ClN5O2/c1-2-12-30(24(32)18-6-5-7-18)17-23(31)29-15-13-28(14-16-29)22-11-10-21(26-27-22)19-8-3-4-9-20(19)25/h2-4,8-11,18H,1,5-7,12-17H2. The fraction of sp³-hybridized carbons (Fsp3) is 0.417. The van der Waals surface area contributed by atoms with Crippen LogP contribution in [0.15, 0.2) is 49.1 Å². The van der Waals surface area contributed by atoms with Crippen LogP contribution in [0, 0.1) is 5.92 Å². The minimum atomic E-state index is -0.0145. The summed E-state index contributed by atoms with van der Waals surface area (Å²) in [6.45, 7) is 6.78. The van der Waals surface area contributed by atoms with Crippen LogP contribution in [0.5, 0.6) is 0 Å². The van der Waals surface area contributed by atoms with Gasteiger partial charge in [0.2, 0.25) is 11.8 Å². The fourth-order valence-corrected chi connectivity index (χ4v) is 4.29. The van der Waals surface area contributed by atoms with Crippen LogP contribution in [-0.4, -0.2) is 71.1 Å². The number of nitrogens with zero attached hydrogens (tertiary/aromatic N) is 5. The predicted octanol–water partition coefficient (Wildman–Crippen LogP) is 3.26. The van der Waals surface area contributed by atoms with Gasteiger partial charge in [-0.25, -0.2) is 0 Å². The molecule has 0 radical (unpaired) electrons. The van der Waals surface area contributed by atoms with E-state index >= 15 is 0 Å². The van der Waals surface area contributed by atoms with Gasteiger partial charge >= 0.3 is 0 Å². The molecule has 7 nitrogen and oxygen atoms in total. The first-order valence-electron chi connectivity index (χ1n) is 11.1. The number of halogens is 1. The van der Waals surface area contributed by atoms with Crippen LogP contribution in [0.2, 0.25) is 5.02 Å². The smallest absolute Gasteiger partial charge is 0.242 e. The average Bonchev–Trinajstić information content (AvgIpc) is 2.78. The number of rotatable bonds is 7. The van der Waals surface area contributed by atoms with Crippen molar-refractivity contribution >= 4 is 29.2 Å². The molecule has 0 N–H and O–H groups in total. The SMILES string of the molecule is C=CCN(CC(=O)N1CCN(c2ccc(-c3ccccc3Cl)nn2)CC1)C(=O)C1CCC1. The van der Waals surface area contributed by atoms with Crippen molar-refractivity contribution in [2.24, 2.45) is 5.92 Å². The molecule has 0 spiro atoms. The monoisotopic (exact) mass is 453 g/mol. The van der Waals surface area contributed by atoms with Crippen LogP contribution in [0.1, 0.15) is 19.3 Å². The second-order valence-electron chi connectivity index (χ2n) is 8.26. The number of amides is 2. The Morgan fingerprint density at radius 1 is 1.09 bits per heavy atom. The Labute approximate surface area is 193 Å². The number of piperazine rings is 1. The van der Waals surface area contributed by atoms with Crippen molar-refractivity contribution in [1.29, 1.82) is 0 Å². The van der Waals surface area contributed by atoms with E-state index in [-0.39, 0.29) is 24.3 Å². The van der Waals surface area contributed by atoms with Crippen LogP contribution in [0.4, 0.5) is 5.82 Å². The van der Waals surface area contributed by atoms with Crippen molar-refractivity contribution in [2.45, 2.75) is 19.3 Å². The second-order valence-corrected chi connectivity index (χ2v) is 8.67. The lowest BCUT2D eigenvalue weighted by Gasteiger charge is -2.37. The van der Waals surface area contributed by atoms with Crippen molar-refractivity contribution in [2.75, 3.05) is 44.2 Å². The highest BCUT2D eigenvalue weighted by atomic mass is 35.5. The molecule has 0 bridgehead atoms. The van der Waals surface area contributed by atoms with Crippen LogP contribution in [-0.2, 0) is 9.59 Å². The molecular formula is C24H28ClN5O2. The number of hydrogen-bond acceptors (Lipinski definition) is 5. The molecule has 2 aliphatic rings. The topological polar surface area (TPSA) is 69.6 Å². The van der Waals surface area contributed by atoms with Gasteiger partial charge in [0.05, 0.1) is 10.7 Å². The fourth-order valence-electron chi connectivity index (χ4n) is 4.06. The number of aromatic nitrogens is 2. The van der Waals surface area contributed by atoms with Crippen molar-refractivity contribution in [1.82, 2.24) is 20.0 Å². The molecule has 0 atom stereocenters. The highest BCUT2D eigenvalue weighted by Gasteiger charge is 2.31. The first kappa shape index (κ1) is 22.3. The Bertz CT molecular complexity index is 969. The Morgan fingerprint density at radius 2 is 1.84 bits per heavy atom. The Hall–Kier alpha value is -2.93. The number of carbonyl (C=O) groups excluding carboxylic acids is 2. The molecule has 1 saturated carbocycles. The number of carbonyl (C=O) groups is 2. The summed E-state index contributed by atoms with van der Waals surface area (Å²) < 4.78 is 0. The normalized spacial score (nSPS) is 16.4. The third-order valence-corrected chi connectivity index (χ3v) is 6.53. The van der Waals surface area contributed by atoms with Gasteiger partial charge in [0.1, 0.15) is 6.54 Å². The molecule has 8 heteroatoms. The van der Waals surface area contributed by atoms with Gasteiger partial charge in [-0.05, 0) is 31.0 Å². The van der Waals surface area contributed by atoms with E-state index in [0.717, 1.165) is 36.3 Å². The molecule has 2 aromatic rings. The minimum absolute atomic E-state index is 0.0145. The summed E-state index contributed by atoms with van der Waals surface area (Å²) >= 11 is 6.25. The van der Waals surface area contributed by atoms with Gasteiger partial charge in [0.25, 0.3) is 0 Å². The number of anilines is 1. The molecule has 2 fully saturated rings. The second kappa shape index (κ2) is 10.1. The maximum atomic E-state index is 12.8. The first-order chi connectivity index (χ1) is 15.6. The molecule has 1 aliphatic carbocycles. The lowest BCUT2D eigenvalue weighted by Crippen LogP contribution is -2.52. The van der Waals surface area contributed by atoms with Gasteiger partial charge < -0.3 is 14.7 Å². The van der Waals surface area contributed by atoms with Gasteiger partial charge in [0, 0.05) is 44.2 Å². The molecule has 1 aromatic carbocycles. The van der Waals surface area contributed by atoms with Gasteiger partial charge in [0.15, 0.2) is 5.82 Å². The molecule has 168 valence electrons. The molecule has 4 rings (SSSR count). The molecule has 1 saturated heterocycles. The van der Waals surface area contributed by atoms with E-state index in [2.05, 4.69) is 21.7 Å². The summed E-state index contributed by atoms with van der Waals surface area (Å²) in [4.78, 5) is 31.0. The van der Waals surface area contributed by atoms with Gasteiger partial charge in [-0.2, -0.15) is 0 Å². The molecule has 32 heavy (non-hydrogen) atoms. The third-order valence-electron chi connectivity index (χ3n) is 6.20. The summed E-state index contributed by atoms with van der Waals surface area (Å²) in [5, 5.41) is 9.35. The number of benzene rings is 1. The highest BCUT2D eigenvalue weighted by Crippen LogP contribution is 2.28. The van der Waals surface area contributed by atoms with Crippen molar-refractivity contribution in [3.05, 3.63) is 54.1 Å². The van der Waals surface area contributed by atoms with E-state index in [1.807, 2.05) is 41.3 Å². The molecule has 1 aromatic heterocycles. The summed E-state index contributed by atoms with van der Waals surface area (Å²) in [6.07, 6.45) is 4.63. The van der Waals surface area contributed by atoms with E-state index in [1.54, 1.807) is 11.0 Å². The minimum Gasteiger partial charge on any atom is -0.352 e.